The lowest BCUT2D eigenvalue weighted by atomic mass is 10.2. The zero-order chi connectivity index (χ0) is 18.5. The second-order valence-corrected chi connectivity index (χ2v) is 7.76. The Kier molecular flexibility index (Phi) is 6.11. The molecule has 1 saturated heterocycles. The highest BCUT2D eigenvalue weighted by atomic mass is 79.9. The normalized spacial score (nSPS) is 18.4. The molecular weight excluding hydrogens is 414 g/mol. The third kappa shape index (κ3) is 4.53. The van der Waals surface area contributed by atoms with Gasteiger partial charge in [0.05, 0.1) is 5.69 Å². The number of anilines is 1. The van der Waals surface area contributed by atoms with Gasteiger partial charge in [-0.1, -0.05) is 45.9 Å². The van der Waals surface area contributed by atoms with E-state index in [1.807, 2.05) is 61.5 Å². The second kappa shape index (κ2) is 8.51. The molecule has 26 heavy (non-hydrogen) atoms. The van der Waals surface area contributed by atoms with Gasteiger partial charge in [0.25, 0.3) is 0 Å². The number of carbonyl (C=O) groups is 2. The molecule has 5 nitrogen and oxygen atoms in total. The molecule has 1 aliphatic heterocycles. The van der Waals surface area contributed by atoms with Crippen LogP contribution in [0.3, 0.4) is 0 Å². The van der Waals surface area contributed by atoms with Crippen LogP contribution in [0.2, 0.25) is 0 Å². The molecule has 1 aliphatic rings. The smallest absolute Gasteiger partial charge is 0.242 e. The molecule has 0 radical (unpaired) electrons. The summed E-state index contributed by atoms with van der Waals surface area (Å²) in [5.74, 6) is -0.250. The Bertz CT molecular complexity index is 824. The molecule has 134 valence electrons. The van der Waals surface area contributed by atoms with Gasteiger partial charge in [0.1, 0.15) is 5.25 Å². The van der Waals surface area contributed by atoms with Crippen LogP contribution in [0.25, 0.3) is 0 Å². The van der Waals surface area contributed by atoms with Gasteiger partial charge in [-0.15, -0.1) is 0 Å². The Morgan fingerprint density at radius 3 is 2.54 bits per heavy atom. The summed E-state index contributed by atoms with van der Waals surface area (Å²) in [5.41, 5.74) is 1.50. The monoisotopic (exact) mass is 431 g/mol. The molecule has 7 heteroatoms. The van der Waals surface area contributed by atoms with E-state index in [1.165, 1.54) is 11.8 Å². The average Bonchev–Trinajstić information content (AvgIpc) is 2.92. The van der Waals surface area contributed by atoms with Crippen molar-refractivity contribution in [1.29, 1.82) is 0 Å². The van der Waals surface area contributed by atoms with Crippen LogP contribution in [0.4, 0.5) is 11.4 Å². The SMILES string of the molecule is CCN1C(=O)C(CC(=O)Nc2ccccc2)SC1=Nc1ccc(Br)cc1. The molecular formula is C19H18BrN3O2S. The third-order valence-corrected chi connectivity index (χ3v) is 5.52. The summed E-state index contributed by atoms with van der Waals surface area (Å²) in [5, 5.41) is 3.01. The zero-order valence-corrected chi connectivity index (χ0v) is 16.6. The number of halogens is 1. The number of hydrogen-bond donors (Lipinski definition) is 1. The van der Waals surface area contributed by atoms with Crippen molar-refractivity contribution in [2.24, 2.45) is 4.99 Å². The molecule has 1 N–H and O–H groups in total. The standard InChI is InChI=1S/C19H18BrN3O2S/c1-2-23-18(25)16(12-17(24)21-14-6-4-3-5-7-14)26-19(23)22-15-10-8-13(20)9-11-15/h3-11,16H,2,12H2,1H3,(H,21,24). The van der Waals surface area contributed by atoms with Crippen molar-refractivity contribution in [1.82, 2.24) is 4.90 Å². The Hall–Kier alpha value is -2.12. The quantitative estimate of drug-likeness (QED) is 0.761. The molecule has 1 fully saturated rings. The van der Waals surface area contributed by atoms with Crippen molar-refractivity contribution >= 4 is 56.0 Å². The number of aliphatic imine (C=N–C) groups is 1. The van der Waals surface area contributed by atoms with Gasteiger partial charge in [-0.05, 0) is 43.3 Å². The molecule has 0 aromatic heterocycles. The van der Waals surface area contributed by atoms with Gasteiger partial charge >= 0.3 is 0 Å². The van der Waals surface area contributed by atoms with E-state index in [2.05, 4.69) is 26.2 Å². The third-order valence-electron chi connectivity index (χ3n) is 3.82. The Morgan fingerprint density at radius 2 is 1.88 bits per heavy atom. The lowest BCUT2D eigenvalue weighted by molar-refractivity contribution is -0.128. The Balaban J connectivity index is 1.70. The number of amides is 2. The predicted molar refractivity (Wildman–Crippen MR) is 110 cm³/mol. The number of benzene rings is 2. The lowest BCUT2D eigenvalue weighted by Crippen LogP contribution is -2.33. The fourth-order valence-electron chi connectivity index (χ4n) is 2.54. The van der Waals surface area contributed by atoms with Gasteiger partial charge in [-0.2, -0.15) is 0 Å². The molecule has 2 amide bonds. The first-order valence-electron chi connectivity index (χ1n) is 8.24. The topological polar surface area (TPSA) is 61.8 Å². The molecule has 2 aromatic carbocycles. The number of rotatable bonds is 5. The summed E-state index contributed by atoms with van der Waals surface area (Å²) < 4.78 is 0.972. The number of para-hydroxylation sites is 1. The molecule has 0 saturated carbocycles. The molecule has 3 rings (SSSR count). The summed E-state index contributed by atoms with van der Waals surface area (Å²) in [6.45, 7) is 2.43. The highest BCUT2D eigenvalue weighted by Gasteiger charge is 2.38. The Labute approximate surface area is 165 Å². The van der Waals surface area contributed by atoms with Crippen LogP contribution in [0.5, 0.6) is 0 Å². The number of nitrogens with zero attached hydrogens (tertiary/aromatic N) is 2. The van der Waals surface area contributed by atoms with Gasteiger partial charge in [-0.25, -0.2) is 4.99 Å². The van der Waals surface area contributed by atoms with E-state index in [0.717, 1.165) is 15.8 Å². The minimum Gasteiger partial charge on any atom is -0.326 e. The number of thioether (sulfide) groups is 1. The highest BCUT2D eigenvalue weighted by molar-refractivity contribution is 9.10. The Morgan fingerprint density at radius 1 is 1.19 bits per heavy atom. The predicted octanol–water partition coefficient (Wildman–Crippen LogP) is 4.43. The molecule has 1 atom stereocenters. The van der Waals surface area contributed by atoms with Crippen molar-refractivity contribution in [3.8, 4) is 0 Å². The number of carbonyl (C=O) groups excluding carboxylic acids is 2. The largest absolute Gasteiger partial charge is 0.326 e. The van der Waals surface area contributed by atoms with E-state index < -0.39 is 5.25 Å². The summed E-state index contributed by atoms with van der Waals surface area (Å²) >= 11 is 4.74. The van der Waals surface area contributed by atoms with Crippen LogP contribution in [-0.4, -0.2) is 33.7 Å². The lowest BCUT2D eigenvalue weighted by Gasteiger charge is -2.13. The molecule has 2 aromatic rings. The van der Waals surface area contributed by atoms with E-state index in [0.29, 0.717) is 11.7 Å². The minimum absolute atomic E-state index is 0.0726. The number of amidine groups is 1. The van der Waals surface area contributed by atoms with Crippen LogP contribution >= 0.6 is 27.7 Å². The van der Waals surface area contributed by atoms with Crippen LogP contribution in [0, 0.1) is 0 Å². The molecule has 1 heterocycles. The summed E-state index contributed by atoms with van der Waals surface area (Å²) in [6.07, 6.45) is 0.119. The number of nitrogens with one attached hydrogen (secondary N) is 1. The van der Waals surface area contributed by atoms with Crippen molar-refractivity contribution < 1.29 is 9.59 Å². The second-order valence-electron chi connectivity index (χ2n) is 5.68. The van der Waals surface area contributed by atoms with Crippen LogP contribution in [0.15, 0.2) is 64.1 Å². The van der Waals surface area contributed by atoms with E-state index in [4.69, 9.17) is 0 Å². The van der Waals surface area contributed by atoms with E-state index in [-0.39, 0.29) is 18.2 Å². The zero-order valence-electron chi connectivity index (χ0n) is 14.2. The van der Waals surface area contributed by atoms with Crippen molar-refractivity contribution in [3.63, 3.8) is 0 Å². The fourth-order valence-corrected chi connectivity index (χ4v) is 4.03. The van der Waals surface area contributed by atoms with E-state index in [9.17, 15) is 9.59 Å². The first-order valence-corrected chi connectivity index (χ1v) is 9.91. The van der Waals surface area contributed by atoms with E-state index >= 15 is 0 Å². The van der Waals surface area contributed by atoms with Crippen LogP contribution < -0.4 is 5.32 Å². The van der Waals surface area contributed by atoms with Gasteiger partial charge in [0.2, 0.25) is 11.8 Å². The molecule has 0 bridgehead atoms. The fraction of sp³-hybridized carbons (Fsp3) is 0.211. The van der Waals surface area contributed by atoms with Crippen molar-refractivity contribution in [2.75, 3.05) is 11.9 Å². The summed E-state index contributed by atoms with van der Waals surface area (Å²) in [6, 6.07) is 16.8. The molecule has 0 aliphatic carbocycles. The summed E-state index contributed by atoms with van der Waals surface area (Å²) in [7, 11) is 0. The van der Waals surface area contributed by atoms with Gasteiger partial charge in [0, 0.05) is 23.1 Å². The first kappa shape index (κ1) is 18.7. The first-order chi connectivity index (χ1) is 12.6. The maximum Gasteiger partial charge on any atom is 0.242 e. The van der Waals surface area contributed by atoms with Crippen LogP contribution in [0.1, 0.15) is 13.3 Å². The van der Waals surface area contributed by atoms with Gasteiger partial charge < -0.3 is 5.32 Å². The van der Waals surface area contributed by atoms with Crippen molar-refractivity contribution in [3.05, 3.63) is 59.1 Å². The number of hydrogen-bond acceptors (Lipinski definition) is 4. The van der Waals surface area contributed by atoms with Gasteiger partial charge in [-0.3, -0.25) is 14.5 Å². The maximum absolute atomic E-state index is 12.6. The van der Waals surface area contributed by atoms with Crippen LogP contribution in [-0.2, 0) is 9.59 Å². The van der Waals surface area contributed by atoms with Crippen molar-refractivity contribution in [2.45, 2.75) is 18.6 Å². The summed E-state index contributed by atoms with van der Waals surface area (Å²) in [4.78, 5) is 31.1. The van der Waals surface area contributed by atoms with E-state index in [1.54, 1.807) is 4.90 Å². The average molecular weight is 432 g/mol. The molecule has 1 unspecified atom stereocenters. The maximum atomic E-state index is 12.6. The van der Waals surface area contributed by atoms with Gasteiger partial charge in [0.15, 0.2) is 5.17 Å². The minimum atomic E-state index is -0.451. The molecule has 0 spiro atoms. The highest BCUT2D eigenvalue weighted by Crippen LogP contribution is 2.32.